The number of nitrogens with zero attached hydrogens (tertiary/aromatic N) is 4. The van der Waals surface area contributed by atoms with Crippen molar-refractivity contribution in [1.29, 1.82) is 0 Å². The van der Waals surface area contributed by atoms with Crippen molar-refractivity contribution in [1.82, 2.24) is 0 Å². The van der Waals surface area contributed by atoms with E-state index in [0.29, 0.717) is 0 Å². The molecular weight excluding hydrogens is 394 g/mol. The quantitative estimate of drug-likeness (QED) is 0.419. The van der Waals surface area contributed by atoms with Gasteiger partial charge in [0.15, 0.2) is 0 Å². The molecule has 2 rings (SSSR count). The van der Waals surface area contributed by atoms with E-state index in [0.717, 1.165) is 0 Å². The third-order valence-electron chi connectivity index (χ3n) is 3.02. The summed E-state index contributed by atoms with van der Waals surface area (Å²) in [6.45, 7) is 0. The number of carbonyl (C=O) groups is 1. The largest absolute Gasteiger partial charge is 0.377 e. The normalized spacial score (nSPS) is 9.83. The van der Waals surface area contributed by atoms with E-state index in [1.165, 1.54) is 36.4 Å². The van der Waals surface area contributed by atoms with Crippen LogP contribution in [0.1, 0.15) is 11.1 Å². The maximum atomic E-state index is 12.6. The summed E-state index contributed by atoms with van der Waals surface area (Å²) in [5.41, 5.74) is 18.0. The molecule has 0 saturated heterocycles. The Kier molecular flexibility index (Phi) is 5.92. The number of hydrogen-bond donors (Lipinski definition) is 0. The predicted molar refractivity (Wildman–Crippen MR) is 93.4 cm³/mol. The van der Waals surface area contributed by atoms with Gasteiger partial charge in [0.25, 0.3) is 0 Å². The van der Waals surface area contributed by atoms with Crippen LogP contribution >= 0.6 is 46.4 Å². The Morgan fingerprint density at radius 2 is 1.08 bits per heavy atom. The minimum atomic E-state index is -0.850. The van der Waals surface area contributed by atoms with Crippen molar-refractivity contribution in [2.24, 2.45) is 0 Å². The van der Waals surface area contributed by atoms with Gasteiger partial charge in [-0.3, -0.25) is 4.79 Å². The van der Waals surface area contributed by atoms with Gasteiger partial charge in [0.1, 0.15) is 0 Å². The number of ketones is 1. The second-order valence-electron chi connectivity index (χ2n) is 4.48. The molecule has 0 aliphatic carbocycles. The summed E-state index contributed by atoms with van der Waals surface area (Å²) in [7, 11) is 0. The number of Topliss-reactive ketones (excluding diaryl/α,β-unsaturated/α-hetero) is 1. The van der Waals surface area contributed by atoms with Gasteiger partial charge < -0.3 is 11.1 Å². The monoisotopic (exact) mass is 398 g/mol. The summed E-state index contributed by atoms with van der Waals surface area (Å²) in [5, 5.41) is 0.872. The van der Waals surface area contributed by atoms with E-state index in [-0.39, 0.29) is 42.6 Å². The van der Waals surface area contributed by atoms with Gasteiger partial charge in [0, 0.05) is 0 Å². The lowest BCUT2D eigenvalue weighted by Gasteiger charge is -2.00. The molecule has 9 heteroatoms. The molecule has 0 unspecified atom stereocenters. The van der Waals surface area contributed by atoms with Crippen LogP contribution in [-0.2, 0) is 4.79 Å². The molecule has 0 aliphatic rings. The Morgan fingerprint density at radius 3 is 1.38 bits per heavy atom. The Labute approximate surface area is 156 Å². The molecule has 0 saturated carbocycles. The van der Waals surface area contributed by atoms with E-state index in [1.54, 1.807) is 0 Å². The van der Waals surface area contributed by atoms with E-state index in [4.69, 9.17) is 46.4 Å². The zero-order valence-electron chi connectivity index (χ0n) is 11.7. The molecule has 0 heterocycles. The van der Waals surface area contributed by atoms with Crippen molar-refractivity contribution in [3.8, 4) is 0 Å². The molecule has 24 heavy (non-hydrogen) atoms. The number of carbonyl (C=O) groups excluding carboxylic acids is 1. The lowest BCUT2D eigenvalue weighted by molar-refractivity contribution is -0.115. The van der Waals surface area contributed by atoms with Gasteiger partial charge in [-0.1, -0.05) is 46.4 Å². The molecule has 0 N–H and O–H groups in total. The van der Waals surface area contributed by atoms with Gasteiger partial charge in [0.05, 0.1) is 31.2 Å². The maximum Gasteiger partial charge on any atom is 0.377 e. The first-order chi connectivity index (χ1) is 11.4. The van der Waals surface area contributed by atoms with Crippen LogP contribution < -0.4 is 0 Å². The third kappa shape index (κ3) is 3.74. The smallest absolute Gasteiger partial charge is 0.361 e. The number of halogens is 4. The highest BCUT2D eigenvalue weighted by atomic mass is 35.5. The molecule has 2 aromatic rings. The molecule has 5 nitrogen and oxygen atoms in total. The van der Waals surface area contributed by atoms with Crippen LogP contribution in [0.25, 0.3) is 11.1 Å². The summed E-state index contributed by atoms with van der Waals surface area (Å²) < 4.78 is 0. The van der Waals surface area contributed by atoms with Gasteiger partial charge in [-0.25, -0.2) is 0 Å². The Bertz CT molecular complexity index is 869. The van der Waals surface area contributed by atoms with E-state index in [9.17, 15) is 15.9 Å². The van der Waals surface area contributed by atoms with Crippen molar-refractivity contribution in [3.05, 3.63) is 78.7 Å². The fraction of sp³-hybridized carbons (Fsp3) is 0. The standard InChI is InChI=1S/C15H6Cl4N4O/c16-9-3-1-7(5-11(9)18)13(22-20)15(24)14(23-21)8-2-4-10(17)12(19)6-8/h1-6H. The molecule has 0 aromatic heterocycles. The van der Waals surface area contributed by atoms with Crippen molar-refractivity contribution in [2.45, 2.75) is 0 Å². The first-order valence-corrected chi connectivity index (χ1v) is 7.80. The van der Waals surface area contributed by atoms with Crippen LogP contribution in [0.4, 0.5) is 0 Å². The van der Waals surface area contributed by atoms with Gasteiger partial charge in [-0.05, 0) is 36.4 Å². The first kappa shape index (κ1) is 18.4. The topological polar surface area (TPSA) is 89.9 Å². The van der Waals surface area contributed by atoms with E-state index in [1.807, 2.05) is 0 Å². The van der Waals surface area contributed by atoms with Crippen LogP contribution in [0.5, 0.6) is 0 Å². The molecular formula is C15H6Cl4N4O. The second-order valence-corrected chi connectivity index (χ2v) is 6.11. The fourth-order valence-corrected chi connectivity index (χ4v) is 2.46. The van der Waals surface area contributed by atoms with Crippen LogP contribution in [-0.4, -0.2) is 26.8 Å². The van der Waals surface area contributed by atoms with Crippen LogP contribution in [0.15, 0.2) is 36.4 Å². The lowest BCUT2D eigenvalue weighted by Crippen LogP contribution is -2.27. The first-order valence-electron chi connectivity index (χ1n) is 6.28. The maximum absolute atomic E-state index is 12.6. The molecule has 120 valence electrons. The Hall–Kier alpha value is -1.97. The molecule has 0 radical (unpaired) electrons. The molecule has 2 aromatic carbocycles. The minimum absolute atomic E-state index is 0.167. The average molecular weight is 400 g/mol. The summed E-state index contributed by atoms with van der Waals surface area (Å²) in [5.74, 6) is -0.850. The highest BCUT2D eigenvalue weighted by Gasteiger charge is 2.35. The van der Waals surface area contributed by atoms with E-state index < -0.39 is 5.78 Å². The zero-order chi connectivity index (χ0) is 17.9. The van der Waals surface area contributed by atoms with Gasteiger partial charge in [-0.15, -0.1) is 0 Å². The molecule has 0 atom stereocenters. The van der Waals surface area contributed by atoms with Crippen LogP contribution in [0.2, 0.25) is 20.1 Å². The highest BCUT2D eigenvalue weighted by Crippen LogP contribution is 2.24. The highest BCUT2D eigenvalue weighted by molar-refractivity contribution is 6.70. The minimum Gasteiger partial charge on any atom is -0.361 e. The second kappa shape index (κ2) is 7.73. The molecule has 0 aliphatic heterocycles. The Balaban J connectivity index is 2.50. The van der Waals surface area contributed by atoms with Gasteiger partial charge in [0.2, 0.25) is 0 Å². The summed E-state index contributed by atoms with van der Waals surface area (Å²) in [4.78, 5) is 18.5. The number of benzene rings is 2. The van der Waals surface area contributed by atoms with E-state index in [2.05, 4.69) is 9.58 Å². The molecule has 0 spiro atoms. The lowest BCUT2D eigenvalue weighted by atomic mass is 9.99. The van der Waals surface area contributed by atoms with Crippen LogP contribution in [0, 0.1) is 0 Å². The third-order valence-corrected chi connectivity index (χ3v) is 4.49. The van der Waals surface area contributed by atoms with Crippen molar-refractivity contribution < 1.29 is 14.4 Å². The fourth-order valence-electron chi connectivity index (χ4n) is 1.87. The van der Waals surface area contributed by atoms with Crippen molar-refractivity contribution >= 4 is 63.6 Å². The predicted octanol–water partition coefficient (Wildman–Crippen LogP) is 4.61. The molecule has 0 bridgehead atoms. The zero-order valence-corrected chi connectivity index (χ0v) is 14.7. The average Bonchev–Trinajstić information content (AvgIpc) is 2.55. The van der Waals surface area contributed by atoms with Crippen molar-refractivity contribution in [3.63, 3.8) is 0 Å². The molecule has 0 amide bonds. The van der Waals surface area contributed by atoms with Crippen LogP contribution in [0.3, 0.4) is 0 Å². The summed E-state index contributed by atoms with van der Waals surface area (Å²) in [6.07, 6.45) is 0. The summed E-state index contributed by atoms with van der Waals surface area (Å²) >= 11 is 23.4. The summed E-state index contributed by atoms with van der Waals surface area (Å²) in [6, 6.07) is 8.44. The molecule has 0 fully saturated rings. The van der Waals surface area contributed by atoms with Gasteiger partial charge in [-0.2, -0.15) is 9.58 Å². The SMILES string of the molecule is [N-]=[N+]=C(C(=O)C(=[N+]=[N-])c1ccc(Cl)c(Cl)c1)c1ccc(Cl)c(Cl)c1. The van der Waals surface area contributed by atoms with Gasteiger partial charge >= 0.3 is 17.2 Å². The number of hydrogen-bond acceptors (Lipinski definition) is 1. The Morgan fingerprint density at radius 1 is 0.708 bits per heavy atom. The van der Waals surface area contributed by atoms with Crippen molar-refractivity contribution in [2.75, 3.05) is 0 Å². The van der Waals surface area contributed by atoms with E-state index >= 15 is 0 Å². The number of rotatable bonds is 4.